The molecule has 0 radical (unpaired) electrons. The molecule has 2 aromatic rings. The Balaban J connectivity index is 1.55. The first-order valence-corrected chi connectivity index (χ1v) is 13.2. The maximum atomic E-state index is 13.1. The zero-order valence-electron chi connectivity index (χ0n) is 18.2. The van der Waals surface area contributed by atoms with Crippen molar-refractivity contribution in [2.75, 3.05) is 12.5 Å². The number of nitrogens with zero attached hydrogens (tertiary/aromatic N) is 5. The third kappa shape index (κ3) is 5.26. The van der Waals surface area contributed by atoms with Crippen LogP contribution in [-0.4, -0.2) is 72.8 Å². The average molecular weight is 559 g/mol. The predicted molar refractivity (Wildman–Crippen MR) is 127 cm³/mol. The molecule has 0 saturated carbocycles. The van der Waals surface area contributed by atoms with Gasteiger partial charge < -0.3 is 14.8 Å². The van der Waals surface area contributed by atoms with Gasteiger partial charge in [0.05, 0.1) is 11.7 Å². The fourth-order valence-corrected chi connectivity index (χ4v) is 7.10. The number of thioether (sulfide) groups is 1. The number of thiol groups is 1. The zero-order chi connectivity index (χ0) is 25.3. The van der Waals surface area contributed by atoms with Crippen molar-refractivity contribution in [3.05, 3.63) is 36.2 Å². The number of fused-ring (bicyclic) bond motifs is 1. The molecule has 0 spiro atoms. The van der Waals surface area contributed by atoms with Gasteiger partial charge in [-0.05, 0) is 16.0 Å². The van der Waals surface area contributed by atoms with E-state index in [0.29, 0.717) is 16.3 Å². The van der Waals surface area contributed by atoms with Crippen molar-refractivity contribution in [3.63, 3.8) is 0 Å². The van der Waals surface area contributed by atoms with Gasteiger partial charge in [0.1, 0.15) is 17.1 Å². The summed E-state index contributed by atoms with van der Waals surface area (Å²) in [6, 6.07) is -0.865. The summed E-state index contributed by atoms with van der Waals surface area (Å²) in [5.41, 5.74) is 0.372. The zero-order valence-corrected chi connectivity index (χ0v) is 21.5. The summed E-state index contributed by atoms with van der Waals surface area (Å²) < 4.78 is 11.0. The van der Waals surface area contributed by atoms with Crippen LogP contribution < -0.4 is 9.37 Å². The summed E-state index contributed by atoms with van der Waals surface area (Å²) in [6.07, 6.45) is -0.0270. The Morgan fingerprint density at radius 3 is 2.71 bits per heavy atom. The number of nitrogens with one attached hydrogen (secondary N) is 1. The van der Waals surface area contributed by atoms with Crippen molar-refractivity contribution >= 4 is 70.8 Å². The van der Waals surface area contributed by atoms with Gasteiger partial charge in [0.15, 0.2) is 5.82 Å². The van der Waals surface area contributed by atoms with Gasteiger partial charge in [-0.25, -0.2) is 9.48 Å². The molecule has 3 atom stereocenters. The van der Waals surface area contributed by atoms with Crippen LogP contribution in [0.15, 0.2) is 21.4 Å². The lowest BCUT2D eigenvalue weighted by molar-refractivity contribution is -0.166. The molecule has 1 saturated heterocycles. The number of rotatable bonds is 8. The highest BCUT2D eigenvalue weighted by atomic mass is 32.2. The summed E-state index contributed by atoms with van der Waals surface area (Å²) in [4.78, 5) is 62.7. The van der Waals surface area contributed by atoms with Gasteiger partial charge in [-0.1, -0.05) is 22.7 Å². The molecule has 35 heavy (non-hydrogen) atoms. The minimum atomic E-state index is -0.887. The van der Waals surface area contributed by atoms with E-state index in [9.17, 15) is 24.0 Å². The lowest BCUT2D eigenvalue weighted by Crippen LogP contribution is -2.70. The second kappa shape index (κ2) is 10.5. The van der Waals surface area contributed by atoms with Crippen LogP contribution in [0.5, 0.6) is 0 Å². The molecule has 0 aliphatic carbocycles. The van der Waals surface area contributed by atoms with Crippen LogP contribution in [0.4, 0.5) is 0 Å². The minimum absolute atomic E-state index is 0.0270. The first-order valence-electron chi connectivity index (χ1n) is 9.92. The third-order valence-electron chi connectivity index (χ3n) is 5.02. The monoisotopic (exact) mass is 558 g/mol. The van der Waals surface area contributed by atoms with Crippen LogP contribution in [-0.2, 0) is 42.1 Å². The summed E-state index contributed by atoms with van der Waals surface area (Å²) in [7, 11) is 1.61. The van der Waals surface area contributed by atoms with Crippen LogP contribution in [0.25, 0.3) is 0 Å². The number of hydrogen-bond acceptors (Lipinski definition) is 14. The Morgan fingerprint density at radius 1 is 1.31 bits per heavy atom. The van der Waals surface area contributed by atoms with Crippen LogP contribution >= 0.6 is 47.1 Å². The molecule has 17 heteroatoms. The SMILES string of the molecule is CC(=O)OCOC(=O)C1=C(C(S)c2nnnn2C)CSC2C(NC(=O)Cc3csc(=O)s3)C(=O)N12. The van der Waals surface area contributed by atoms with E-state index in [1.165, 1.54) is 21.3 Å². The molecule has 13 nitrogen and oxygen atoms in total. The maximum Gasteiger partial charge on any atom is 0.358 e. The normalized spacial score (nSPS) is 20.1. The lowest BCUT2D eigenvalue weighted by atomic mass is 10.0. The van der Waals surface area contributed by atoms with Gasteiger partial charge in [-0.2, -0.15) is 12.6 Å². The van der Waals surface area contributed by atoms with Gasteiger partial charge in [0.25, 0.3) is 9.96 Å². The Morgan fingerprint density at radius 2 is 2.09 bits per heavy atom. The highest BCUT2D eigenvalue weighted by Crippen LogP contribution is 2.45. The van der Waals surface area contributed by atoms with Crippen molar-refractivity contribution in [2.24, 2.45) is 7.05 Å². The number of aryl methyl sites for hydroxylation is 1. The van der Waals surface area contributed by atoms with Crippen LogP contribution in [0.3, 0.4) is 0 Å². The van der Waals surface area contributed by atoms with Gasteiger partial charge in [0.2, 0.25) is 12.7 Å². The van der Waals surface area contributed by atoms with Crippen LogP contribution in [0.2, 0.25) is 0 Å². The topological polar surface area (TPSA) is 163 Å². The number of esters is 2. The number of hydrogen-bond donors (Lipinski definition) is 2. The molecule has 4 rings (SSSR count). The van der Waals surface area contributed by atoms with Gasteiger partial charge in [-0.15, -0.1) is 16.9 Å². The Labute approximate surface area is 215 Å². The van der Waals surface area contributed by atoms with Gasteiger partial charge in [0, 0.05) is 30.0 Å². The molecular weight excluding hydrogens is 541 g/mol. The molecule has 2 aliphatic rings. The third-order valence-corrected chi connectivity index (χ3v) is 8.84. The Bertz CT molecular complexity index is 1270. The second-order valence-corrected chi connectivity index (χ2v) is 11.1. The van der Waals surface area contributed by atoms with E-state index in [1.807, 2.05) is 0 Å². The molecule has 186 valence electrons. The number of carbonyl (C=O) groups excluding carboxylic acids is 4. The molecule has 1 fully saturated rings. The molecule has 4 heterocycles. The number of β-lactam (4-membered cyclic amide) rings is 1. The number of ether oxygens (including phenoxy) is 2. The lowest BCUT2D eigenvalue weighted by Gasteiger charge is -2.50. The Hall–Kier alpha value is -2.76. The smallest absolute Gasteiger partial charge is 0.358 e. The standard InChI is InChI=1S/C18H18N6O7S4/c1-7(25)30-6-31-17(28)12-9(13(32)14-20-21-22-23(14)2)5-33-16-11(15(27)24(12)16)19-10(26)3-8-4-34-18(29)35-8/h4,11,13,16,32H,3,5-6H2,1-2H3,(H,19,26). The summed E-state index contributed by atoms with van der Waals surface area (Å²) in [5.74, 6) is -1.83. The quantitative estimate of drug-likeness (QED) is 0.188. The van der Waals surface area contributed by atoms with Crippen molar-refractivity contribution in [2.45, 2.75) is 30.0 Å². The fourth-order valence-electron chi connectivity index (χ4n) is 3.43. The molecule has 2 aromatic heterocycles. The second-order valence-electron chi connectivity index (χ2n) is 7.31. The van der Waals surface area contributed by atoms with Gasteiger partial charge >= 0.3 is 11.9 Å². The highest BCUT2D eigenvalue weighted by molar-refractivity contribution is 8.00. The average Bonchev–Trinajstić information content (AvgIpc) is 3.42. The molecule has 2 amide bonds. The first kappa shape index (κ1) is 25.3. The van der Waals surface area contributed by atoms with Crippen molar-refractivity contribution in [1.82, 2.24) is 30.4 Å². The summed E-state index contributed by atoms with van der Waals surface area (Å²) in [5, 5.41) is 14.3. The first-order chi connectivity index (χ1) is 16.7. The molecule has 2 aliphatic heterocycles. The van der Waals surface area contributed by atoms with Crippen molar-refractivity contribution in [1.29, 1.82) is 0 Å². The van der Waals surface area contributed by atoms with E-state index in [0.717, 1.165) is 29.6 Å². The number of aromatic nitrogens is 4. The van der Waals surface area contributed by atoms with E-state index in [1.54, 1.807) is 12.4 Å². The van der Waals surface area contributed by atoms with Crippen molar-refractivity contribution in [3.8, 4) is 0 Å². The van der Waals surface area contributed by atoms with E-state index < -0.39 is 47.2 Å². The van der Waals surface area contributed by atoms with E-state index in [4.69, 9.17) is 4.74 Å². The Kier molecular flexibility index (Phi) is 7.58. The van der Waals surface area contributed by atoms with Crippen LogP contribution in [0.1, 0.15) is 22.9 Å². The summed E-state index contributed by atoms with van der Waals surface area (Å²) >= 11 is 7.90. The predicted octanol–water partition coefficient (Wildman–Crippen LogP) is -0.375. The summed E-state index contributed by atoms with van der Waals surface area (Å²) in [6.45, 7) is 0.537. The van der Waals surface area contributed by atoms with E-state index >= 15 is 0 Å². The highest BCUT2D eigenvalue weighted by Gasteiger charge is 2.55. The fraction of sp³-hybridized carbons (Fsp3) is 0.444. The molecule has 0 bridgehead atoms. The molecule has 1 N–H and O–H groups in total. The number of amides is 2. The minimum Gasteiger partial charge on any atom is -0.428 e. The molecule has 0 aromatic carbocycles. The molecule has 3 unspecified atom stereocenters. The largest absolute Gasteiger partial charge is 0.428 e. The van der Waals surface area contributed by atoms with E-state index in [2.05, 4.69) is 38.2 Å². The molecular formula is C18H18N6O7S4. The number of carbonyl (C=O) groups is 4. The van der Waals surface area contributed by atoms with E-state index in [-0.39, 0.29) is 21.9 Å². The number of tetrazole rings is 1. The van der Waals surface area contributed by atoms with Crippen molar-refractivity contribution < 1.29 is 28.7 Å². The maximum absolute atomic E-state index is 13.1. The van der Waals surface area contributed by atoms with Crippen LogP contribution in [0, 0.1) is 0 Å². The van der Waals surface area contributed by atoms with Gasteiger partial charge in [-0.3, -0.25) is 24.1 Å².